The van der Waals surface area contributed by atoms with Crippen LogP contribution in [0.4, 0.5) is 18.9 Å². The number of rotatable bonds is 4. The van der Waals surface area contributed by atoms with Crippen molar-refractivity contribution in [3.8, 4) is 0 Å². The number of hydrogen-bond acceptors (Lipinski definition) is 3. The molecular weight excluding hydrogens is 313 g/mol. The smallest absolute Gasteiger partial charge is 0.381 e. The van der Waals surface area contributed by atoms with Gasteiger partial charge in [0, 0.05) is 24.8 Å². The first-order chi connectivity index (χ1) is 10.9. The highest BCUT2D eigenvalue weighted by Gasteiger charge is 2.30. The van der Waals surface area contributed by atoms with E-state index in [2.05, 4.69) is 10.6 Å². The second-order valence-electron chi connectivity index (χ2n) is 5.23. The number of anilines is 1. The van der Waals surface area contributed by atoms with Crippen molar-refractivity contribution >= 4 is 17.5 Å². The number of alkyl halides is 3. The number of carbonyl (C=O) groups excluding carboxylic acids is 2. The summed E-state index contributed by atoms with van der Waals surface area (Å²) in [6.45, 7) is 0.822. The Morgan fingerprint density at radius 1 is 1.13 bits per heavy atom. The lowest BCUT2D eigenvalue weighted by Crippen LogP contribution is -2.38. The molecule has 5 nitrogen and oxygen atoms in total. The van der Waals surface area contributed by atoms with E-state index >= 15 is 0 Å². The van der Waals surface area contributed by atoms with E-state index in [1.54, 1.807) is 0 Å². The van der Waals surface area contributed by atoms with Gasteiger partial charge >= 0.3 is 6.18 Å². The Morgan fingerprint density at radius 2 is 1.74 bits per heavy atom. The number of amides is 2. The number of hydrogen-bond donors (Lipinski definition) is 2. The molecule has 1 aromatic rings. The van der Waals surface area contributed by atoms with E-state index in [0.717, 1.165) is 12.1 Å². The number of benzene rings is 1. The minimum absolute atomic E-state index is 0.164. The lowest BCUT2D eigenvalue weighted by molar-refractivity contribution is -0.137. The maximum atomic E-state index is 12.4. The summed E-state index contributed by atoms with van der Waals surface area (Å²) >= 11 is 0. The first-order valence-corrected chi connectivity index (χ1v) is 7.19. The monoisotopic (exact) mass is 330 g/mol. The zero-order valence-electron chi connectivity index (χ0n) is 12.3. The Labute approximate surface area is 131 Å². The van der Waals surface area contributed by atoms with Crippen LogP contribution < -0.4 is 10.6 Å². The molecule has 0 unspecified atom stereocenters. The van der Waals surface area contributed by atoms with E-state index in [1.807, 2.05) is 0 Å². The number of carbonyl (C=O) groups is 2. The highest BCUT2D eigenvalue weighted by Crippen LogP contribution is 2.29. The van der Waals surface area contributed by atoms with Gasteiger partial charge in [0.05, 0.1) is 12.1 Å². The van der Waals surface area contributed by atoms with Gasteiger partial charge in [0.15, 0.2) is 0 Å². The molecular formula is C15H17F3N2O3. The van der Waals surface area contributed by atoms with Gasteiger partial charge < -0.3 is 15.4 Å². The molecule has 0 spiro atoms. The zero-order valence-corrected chi connectivity index (χ0v) is 12.3. The molecule has 1 saturated heterocycles. The molecule has 1 aromatic carbocycles. The van der Waals surface area contributed by atoms with Crippen LogP contribution in [-0.4, -0.2) is 31.6 Å². The standard InChI is InChI=1S/C15H17F3N2O3/c16-15(17,18)11-1-3-12(4-2-11)20-13(21)9-19-14(22)10-5-7-23-8-6-10/h1-4,10H,5-9H2,(H,19,22)(H,20,21). The van der Waals surface area contributed by atoms with Gasteiger partial charge in [-0.1, -0.05) is 0 Å². The van der Waals surface area contributed by atoms with Gasteiger partial charge in [-0.3, -0.25) is 9.59 Å². The predicted octanol–water partition coefficient (Wildman–Crippen LogP) is 2.19. The largest absolute Gasteiger partial charge is 0.416 e. The molecule has 0 radical (unpaired) electrons. The van der Waals surface area contributed by atoms with Crippen LogP contribution in [0.25, 0.3) is 0 Å². The SMILES string of the molecule is O=C(CNC(=O)C1CCOCC1)Nc1ccc(C(F)(F)F)cc1. The van der Waals surface area contributed by atoms with Crippen LogP contribution >= 0.6 is 0 Å². The summed E-state index contributed by atoms with van der Waals surface area (Å²) in [6.07, 6.45) is -3.18. The molecule has 1 heterocycles. The van der Waals surface area contributed by atoms with E-state index < -0.39 is 17.6 Å². The Hall–Kier alpha value is -2.09. The van der Waals surface area contributed by atoms with Crippen LogP contribution in [0, 0.1) is 5.92 Å². The topological polar surface area (TPSA) is 67.4 Å². The molecule has 0 atom stereocenters. The van der Waals surface area contributed by atoms with Crippen molar-refractivity contribution in [3.05, 3.63) is 29.8 Å². The molecule has 2 amide bonds. The third kappa shape index (κ3) is 5.24. The van der Waals surface area contributed by atoms with Gasteiger partial charge in [0.25, 0.3) is 0 Å². The van der Waals surface area contributed by atoms with Crippen molar-refractivity contribution in [1.29, 1.82) is 0 Å². The van der Waals surface area contributed by atoms with Crippen LogP contribution in [0.1, 0.15) is 18.4 Å². The molecule has 1 aliphatic heterocycles. The van der Waals surface area contributed by atoms with Crippen LogP contribution in [0.2, 0.25) is 0 Å². The molecule has 1 fully saturated rings. The molecule has 0 aliphatic carbocycles. The molecule has 2 rings (SSSR count). The molecule has 126 valence electrons. The third-order valence-electron chi connectivity index (χ3n) is 3.51. The number of nitrogens with one attached hydrogen (secondary N) is 2. The van der Waals surface area contributed by atoms with Crippen LogP contribution in [0.3, 0.4) is 0 Å². The van der Waals surface area contributed by atoms with Crippen molar-refractivity contribution in [3.63, 3.8) is 0 Å². The number of halogens is 3. The van der Waals surface area contributed by atoms with Crippen LogP contribution in [0.15, 0.2) is 24.3 Å². The fourth-order valence-corrected chi connectivity index (χ4v) is 2.22. The van der Waals surface area contributed by atoms with Crippen molar-refractivity contribution in [2.24, 2.45) is 5.92 Å². The fraction of sp³-hybridized carbons (Fsp3) is 0.467. The fourth-order valence-electron chi connectivity index (χ4n) is 2.22. The van der Waals surface area contributed by atoms with Crippen molar-refractivity contribution in [2.45, 2.75) is 19.0 Å². The first kappa shape index (κ1) is 17.3. The summed E-state index contributed by atoms with van der Waals surface area (Å²) < 4.78 is 42.4. The van der Waals surface area contributed by atoms with Gasteiger partial charge in [-0.25, -0.2) is 0 Å². The van der Waals surface area contributed by atoms with Gasteiger partial charge in [-0.2, -0.15) is 13.2 Å². The average Bonchev–Trinajstić information content (AvgIpc) is 2.53. The van der Waals surface area contributed by atoms with Gasteiger partial charge in [0.1, 0.15) is 0 Å². The van der Waals surface area contributed by atoms with Crippen molar-refractivity contribution in [1.82, 2.24) is 5.32 Å². The van der Waals surface area contributed by atoms with E-state index in [9.17, 15) is 22.8 Å². The summed E-state index contributed by atoms with van der Waals surface area (Å²) in [7, 11) is 0. The number of ether oxygens (including phenoxy) is 1. The van der Waals surface area contributed by atoms with Gasteiger partial charge in [-0.05, 0) is 37.1 Å². The maximum Gasteiger partial charge on any atom is 0.416 e. The lowest BCUT2D eigenvalue weighted by atomic mass is 9.99. The Kier molecular flexibility index (Phi) is 5.59. The van der Waals surface area contributed by atoms with Crippen LogP contribution in [0.5, 0.6) is 0 Å². The van der Waals surface area contributed by atoms with E-state index in [1.165, 1.54) is 12.1 Å². The van der Waals surface area contributed by atoms with Crippen LogP contribution in [-0.2, 0) is 20.5 Å². The summed E-state index contributed by atoms with van der Waals surface area (Å²) in [5.41, 5.74) is -0.549. The Balaban J connectivity index is 1.79. The molecule has 0 aromatic heterocycles. The lowest BCUT2D eigenvalue weighted by Gasteiger charge is -2.21. The van der Waals surface area contributed by atoms with Crippen molar-refractivity contribution in [2.75, 3.05) is 25.1 Å². The summed E-state index contributed by atoms with van der Waals surface area (Å²) in [4.78, 5) is 23.5. The third-order valence-corrected chi connectivity index (χ3v) is 3.51. The van der Waals surface area contributed by atoms with Gasteiger partial charge in [0.2, 0.25) is 11.8 Å². The second-order valence-corrected chi connectivity index (χ2v) is 5.23. The normalized spacial score (nSPS) is 16.0. The Morgan fingerprint density at radius 3 is 2.30 bits per heavy atom. The van der Waals surface area contributed by atoms with Gasteiger partial charge in [-0.15, -0.1) is 0 Å². The highest BCUT2D eigenvalue weighted by atomic mass is 19.4. The average molecular weight is 330 g/mol. The quantitative estimate of drug-likeness (QED) is 0.889. The second kappa shape index (κ2) is 7.45. The molecule has 0 bridgehead atoms. The van der Waals surface area contributed by atoms with Crippen molar-refractivity contribution < 1.29 is 27.5 Å². The molecule has 23 heavy (non-hydrogen) atoms. The van der Waals surface area contributed by atoms with E-state index in [4.69, 9.17) is 4.74 Å². The predicted molar refractivity (Wildman–Crippen MR) is 76.6 cm³/mol. The zero-order chi connectivity index (χ0) is 16.9. The minimum Gasteiger partial charge on any atom is -0.381 e. The summed E-state index contributed by atoms with van der Waals surface area (Å²) in [6, 6.07) is 4.11. The summed E-state index contributed by atoms with van der Waals surface area (Å²) in [5.74, 6) is -0.872. The minimum atomic E-state index is -4.42. The Bertz CT molecular complexity index is 552. The maximum absolute atomic E-state index is 12.4. The first-order valence-electron chi connectivity index (χ1n) is 7.19. The van der Waals surface area contributed by atoms with E-state index in [0.29, 0.717) is 26.1 Å². The molecule has 1 aliphatic rings. The highest BCUT2D eigenvalue weighted by molar-refractivity contribution is 5.94. The summed E-state index contributed by atoms with van der Waals surface area (Å²) in [5, 5.41) is 4.95. The van der Waals surface area contributed by atoms with E-state index in [-0.39, 0.29) is 24.1 Å². The molecule has 8 heteroatoms. The molecule has 2 N–H and O–H groups in total. The molecule has 0 saturated carbocycles.